The minimum Gasteiger partial charge on any atom is -0.491 e. The normalized spacial score (nSPS) is 15.9. The summed E-state index contributed by atoms with van der Waals surface area (Å²) in [5.74, 6) is -1.83. The fraction of sp³-hybridized carbons (Fsp3) is 0.346. The predicted molar refractivity (Wildman–Crippen MR) is 143 cm³/mol. The number of benzene rings is 2. The van der Waals surface area contributed by atoms with E-state index in [2.05, 4.69) is 40.8 Å². The van der Waals surface area contributed by atoms with Gasteiger partial charge in [-0.05, 0) is 43.2 Å². The summed E-state index contributed by atoms with van der Waals surface area (Å²) in [6.45, 7) is 2.76. The van der Waals surface area contributed by atoms with Crippen molar-refractivity contribution in [3.05, 3.63) is 70.5 Å². The highest BCUT2D eigenvalue weighted by molar-refractivity contribution is 7.16. The number of rotatable bonds is 8. The molecule has 3 N–H and O–H groups in total. The van der Waals surface area contributed by atoms with Crippen molar-refractivity contribution in [3.8, 4) is 5.75 Å². The van der Waals surface area contributed by atoms with Crippen LogP contribution in [0.3, 0.4) is 0 Å². The highest BCUT2D eigenvalue weighted by Crippen LogP contribution is 2.19. The summed E-state index contributed by atoms with van der Waals surface area (Å²) >= 11 is 7.71. The molecular formula is C26H30ClN3O6S. The predicted octanol–water partition coefficient (Wildman–Crippen LogP) is 3.41. The molecule has 198 valence electrons. The lowest BCUT2D eigenvalue weighted by Gasteiger charge is -2.31. The van der Waals surface area contributed by atoms with Gasteiger partial charge in [-0.3, -0.25) is 4.99 Å². The lowest BCUT2D eigenvalue weighted by Crippen LogP contribution is -2.42. The quantitative estimate of drug-likeness (QED) is 0.369. The molecular weight excluding hydrogens is 518 g/mol. The first-order valence-corrected chi connectivity index (χ1v) is 12.9. The SMILES string of the molecule is Cn1c(=NC2CCN(CC(O)COc3cccc(Cl)c3)CC2)sc2ccccc21.O=C(O)/C=C\C(=O)O. The second-order valence-corrected chi connectivity index (χ2v) is 9.95. The van der Waals surface area contributed by atoms with Crippen molar-refractivity contribution in [2.24, 2.45) is 12.0 Å². The van der Waals surface area contributed by atoms with Crippen LogP contribution in [0, 0.1) is 0 Å². The molecule has 11 heteroatoms. The number of ether oxygens (including phenoxy) is 1. The van der Waals surface area contributed by atoms with Crippen LogP contribution in [0.1, 0.15) is 12.8 Å². The Hall–Kier alpha value is -3.18. The van der Waals surface area contributed by atoms with E-state index in [1.54, 1.807) is 23.5 Å². The molecule has 9 nitrogen and oxygen atoms in total. The molecule has 1 unspecified atom stereocenters. The zero-order valence-corrected chi connectivity index (χ0v) is 21.9. The summed E-state index contributed by atoms with van der Waals surface area (Å²) in [5, 5.41) is 26.6. The molecule has 2 heterocycles. The van der Waals surface area contributed by atoms with Crippen LogP contribution in [0.2, 0.25) is 5.02 Å². The summed E-state index contributed by atoms with van der Waals surface area (Å²) in [4.78, 5) is 27.5. The van der Waals surface area contributed by atoms with Crippen LogP contribution >= 0.6 is 22.9 Å². The molecule has 1 aliphatic heterocycles. The number of thiazole rings is 1. The van der Waals surface area contributed by atoms with Gasteiger partial charge in [0, 0.05) is 43.9 Å². The molecule has 1 fully saturated rings. The second-order valence-electron chi connectivity index (χ2n) is 8.50. The number of halogens is 1. The topological polar surface area (TPSA) is 125 Å². The molecule has 37 heavy (non-hydrogen) atoms. The number of para-hydroxylation sites is 1. The molecule has 0 saturated carbocycles. The second kappa shape index (κ2) is 13.9. The number of hydrogen-bond acceptors (Lipinski definition) is 7. The number of aliphatic carboxylic acids is 2. The Labute approximate surface area is 223 Å². The summed E-state index contributed by atoms with van der Waals surface area (Å²) in [6.07, 6.45) is 2.61. The Balaban J connectivity index is 0.000000414. The summed E-state index contributed by atoms with van der Waals surface area (Å²) in [7, 11) is 2.09. The number of carboxylic acid groups (broad SMARTS) is 2. The molecule has 0 spiro atoms. The van der Waals surface area contributed by atoms with Gasteiger partial charge in [-0.25, -0.2) is 9.59 Å². The largest absolute Gasteiger partial charge is 0.491 e. The molecule has 1 atom stereocenters. The van der Waals surface area contributed by atoms with E-state index in [1.165, 1.54) is 10.2 Å². The molecule has 0 aliphatic carbocycles. The summed E-state index contributed by atoms with van der Waals surface area (Å²) < 4.78 is 9.11. The van der Waals surface area contributed by atoms with Crippen LogP contribution in [-0.2, 0) is 16.6 Å². The number of nitrogens with zero attached hydrogens (tertiary/aromatic N) is 3. The highest BCUT2D eigenvalue weighted by atomic mass is 35.5. The van der Waals surface area contributed by atoms with Crippen molar-refractivity contribution in [1.82, 2.24) is 9.47 Å². The van der Waals surface area contributed by atoms with Gasteiger partial charge in [-0.2, -0.15) is 0 Å². The lowest BCUT2D eigenvalue weighted by atomic mass is 10.1. The fourth-order valence-corrected chi connectivity index (χ4v) is 5.10. The Bertz CT molecular complexity index is 1280. The Morgan fingerprint density at radius 1 is 1.14 bits per heavy atom. The van der Waals surface area contributed by atoms with Gasteiger partial charge in [0.2, 0.25) is 0 Å². The third-order valence-electron chi connectivity index (χ3n) is 5.64. The third-order valence-corrected chi connectivity index (χ3v) is 7.00. The van der Waals surface area contributed by atoms with Gasteiger partial charge in [0.15, 0.2) is 4.80 Å². The van der Waals surface area contributed by atoms with Crippen LogP contribution in [0.4, 0.5) is 0 Å². The minimum atomic E-state index is -1.26. The number of fused-ring (bicyclic) bond motifs is 1. The number of aromatic nitrogens is 1. The number of aliphatic hydroxyl groups is 1. The number of likely N-dealkylation sites (tertiary alicyclic amines) is 1. The van der Waals surface area contributed by atoms with Crippen LogP contribution in [-0.4, -0.2) is 75.1 Å². The number of carbonyl (C=O) groups is 2. The van der Waals surface area contributed by atoms with E-state index in [9.17, 15) is 14.7 Å². The van der Waals surface area contributed by atoms with Crippen molar-refractivity contribution in [1.29, 1.82) is 0 Å². The minimum absolute atomic E-state index is 0.266. The molecule has 2 aromatic carbocycles. The van der Waals surface area contributed by atoms with Gasteiger partial charge < -0.3 is 29.5 Å². The van der Waals surface area contributed by atoms with Crippen molar-refractivity contribution in [2.75, 3.05) is 26.2 Å². The van der Waals surface area contributed by atoms with Crippen LogP contribution in [0.25, 0.3) is 10.2 Å². The molecule has 0 bridgehead atoms. The zero-order chi connectivity index (χ0) is 26.8. The van der Waals surface area contributed by atoms with Crippen molar-refractivity contribution in [2.45, 2.75) is 25.0 Å². The van der Waals surface area contributed by atoms with Crippen LogP contribution in [0.15, 0.2) is 65.7 Å². The van der Waals surface area contributed by atoms with E-state index in [1.807, 2.05) is 12.1 Å². The number of piperidine rings is 1. The van der Waals surface area contributed by atoms with E-state index < -0.39 is 18.0 Å². The first-order chi connectivity index (χ1) is 17.7. The smallest absolute Gasteiger partial charge is 0.328 e. The maximum Gasteiger partial charge on any atom is 0.328 e. The van der Waals surface area contributed by atoms with E-state index in [4.69, 9.17) is 31.5 Å². The number of aryl methyl sites for hydroxylation is 1. The molecule has 0 radical (unpaired) electrons. The first kappa shape index (κ1) is 28.4. The van der Waals surface area contributed by atoms with E-state index >= 15 is 0 Å². The molecule has 4 rings (SSSR count). The molecule has 1 aromatic heterocycles. The van der Waals surface area contributed by atoms with Gasteiger partial charge in [-0.1, -0.05) is 41.1 Å². The standard InChI is InChI=1S/C22H26ClN3O2S.C4H4O4/c1-25-20-7-2-3-8-21(20)29-22(25)24-17-9-11-26(12-10-17)14-18(27)15-28-19-6-4-5-16(23)13-19;5-3(6)1-2-4(7)8/h2-8,13,17-18,27H,9-12,14-15H2,1H3;1-2H,(H,5,6)(H,7,8)/b;2-1-. The molecule has 0 amide bonds. The number of β-amino-alcohol motifs (C(OH)–C–C–N with tert-alkyl or cyclic N) is 1. The van der Waals surface area contributed by atoms with Gasteiger partial charge in [-0.15, -0.1) is 0 Å². The first-order valence-electron chi connectivity index (χ1n) is 11.7. The molecule has 1 aliphatic rings. The van der Waals surface area contributed by atoms with Crippen LogP contribution in [0.5, 0.6) is 5.75 Å². The van der Waals surface area contributed by atoms with Gasteiger partial charge in [0.25, 0.3) is 0 Å². The number of hydrogen-bond donors (Lipinski definition) is 3. The van der Waals surface area contributed by atoms with E-state index in [-0.39, 0.29) is 6.61 Å². The average molecular weight is 548 g/mol. The highest BCUT2D eigenvalue weighted by Gasteiger charge is 2.21. The van der Waals surface area contributed by atoms with Gasteiger partial charge >= 0.3 is 11.9 Å². The third kappa shape index (κ3) is 9.32. The number of carboxylic acids is 2. The lowest BCUT2D eigenvalue weighted by molar-refractivity contribution is -0.134. The van der Waals surface area contributed by atoms with Crippen LogP contribution < -0.4 is 9.54 Å². The number of aliphatic hydroxyl groups excluding tert-OH is 1. The maximum absolute atomic E-state index is 10.3. The van der Waals surface area contributed by atoms with Crippen molar-refractivity contribution in [3.63, 3.8) is 0 Å². The summed E-state index contributed by atoms with van der Waals surface area (Å²) in [6, 6.07) is 16.0. The zero-order valence-electron chi connectivity index (χ0n) is 20.4. The van der Waals surface area contributed by atoms with E-state index in [0.29, 0.717) is 35.5 Å². The van der Waals surface area contributed by atoms with Gasteiger partial charge in [0.05, 0.1) is 16.3 Å². The molecule has 3 aromatic rings. The fourth-order valence-electron chi connectivity index (χ4n) is 3.83. The van der Waals surface area contributed by atoms with E-state index in [0.717, 1.165) is 30.7 Å². The Kier molecular flexibility index (Phi) is 10.7. The monoisotopic (exact) mass is 547 g/mol. The Morgan fingerprint density at radius 2 is 1.81 bits per heavy atom. The van der Waals surface area contributed by atoms with Gasteiger partial charge in [0.1, 0.15) is 18.5 Å². The summed E-state index contributed by atoms with van der Waals surface area (Å²) in [5.41, 5.74) is 1.23. The Morgan fingerprint density at radius 3 is 2.43 bits per heavy atom. The molecule has 1 saturated heterocycles. The maximum atomic E-state index is 10.3. The van der Waals surface area contributed by atoms with Crippen molar-refractivity contribution >= 4 is 45.1 Å². The van der Waals surface area contributed by atoms with Crippen molar-refractivity contribution < 1.29 is 29.6 Å². The average Bonchev–Trinajstić information content (AvgIpc) is 3.18.